The lowest BCUT2D eigenvalue weighted by Gasteiger charge is -2.05. The van der Waals surface area contributed by atoms with E-state index in [2.05, 4.69) is 28.3 Å². The summed E-state index contributed by atoms with van der Waals surface area (Å²) in [5.41, 5.74) is 1.17. The molecule has 0 bridgehead atoms. The summed E-state index contributed by atoms with van der Waals surface area (Å²) in [5, 5.41) is 4.30. The summed E-state index contributed by atoms with van der Waals surface area (Å²) >= 11 is 1.75. The van der Waals surface area contributed by atoms with E-state index >= 15 is 0 Å². The molecule has 20 heavy (non-hydrogen) atoms. The number of nitrogens with one attached hydrogen (secondary N) is 1. The number of aromatic nitrogens is 3. The van der Waals surface area contributed by atoms with Gasteiger partial charge in [-0.1, -0.05) is 6.92 Å². The number of anilines is 1. The van der Waals surface area contributed by atoms with E-state index < -0.39 is 0 Å². The van der Waals surface area contributed by atoms with E-state index in [9.17, 15) is 0 Å². The molecule has 0 unspecified atom stereocenters. The average molecular weight is 284 g/mol. The van der Waals surface area contributed by atoms with E-state index in [0.717, 1.165) is 34.7 Å². The molecule has 3 rings (SSSR count). The van der Waals surface area contributed by atoms with Crippen molar-refractivity contribution in [2.45, 2.75) is 19.8 Å². The fourth-order valence-electron chi connectivity index (χ4n) is 2.14. The van der Waals surface area contributed by atoms with E-state index in [1.54, 1.807) is 23.7 Å². The van der Waals surface area contributed by atoms with Gasteiger partial charge in [0.15, 0.2) is 0 Å². The molecule has 102 valence electrons. The number of thiophene rings is 1. The molecule has 0 fully saturated rings. The van der Waals surface area contributed by atoms with Crippen LogP contribution in [0.25, 0.3) is 10.2 Å². The maximum Gasteiger partial charge on any atom is 0.138 e. The number of pyridine rings is 1. The van der Waals surface area contributed by atoms with Crippen molar-refractivity contribution in [3.63, 3.8) is 0 Å². The molecule has 5 heteroatoms. The maximum absolute atomic E-state index is 4.69. The third kappa shape index (κ3) is 2.49. The molecule has 0 saturated carbocycles. The van der Waals surface area contributed by atoms with Crippen LogP contribution >= 0.6 is 11.3 Å². The SMILES string of the molecule is CCc1cc2c(NC)nc(Cc3ccncc3)nc2s1. The molecule has 3 aromatic heterocycles. The normalized spacial score (nSPS) is 10.9. The summed E-state index contributed by atoms with van der Waals surface area (Å²) in [5.74, 6) is 1.76. The Morgan fingerprint density at radius 1 is 1.20 bits per heavy atom. The molecule has 0 aliphatic carbocycles. The van der Waals surface area contributed by atoms with Crippen molar-refractivity contribution in [1.29, 1.82) is 0 Å². The smallest absolute Gasteiger partial charge is 0.138 e. The molecule has 0 saturated heterocycles. The Labute approximate surface area is 121 Å². The second-order valence-corrected chi connectivity index (χ2v) is 5.67. The Hall–Kier alpha value is -2.01. The largest absolute Gasteiger partial charge is 0.372 e. The molecule has 3 heterocycles. The number of hydrogen-bond acceptors (Lipinski definition) is 5. The highest BCUT2D eigenvalue weighted by atomic mass is 32.1. The van der Waals surface area contributed by atoms with Crippen LogP contribution in [0.1, 0.15) is 23.2 Å². The first-order valence-corrected chi connectivity index (χ1v) is 7.47. The van der Waals surface area contributed by atoms with E-state index in [4.69, 9.17) is 4.98 Å². The first kappa shape index (κ1) is 13.0. The summed E-state index contributed by atoms with van der Waals surface area (Å²) in [6.45, 7) is 2.16. The molecule has 4 nitrogen and oxygen atoms in total. The van der Waals surface area contributed by atoms with Crippen LogP contribution in [0.3, 0.4) is 0 Å². The standard InChI is InChI=1S/C15H16N4S/c1-3-11-9-12-14(16-2)18-13(19-15(12)20-11)8-10-4-6-17-7-5-10/h4-7,9H,3,8H2,1-2H3,(H,16,18,19). The van der Waals surface area contributed by atoms with Gasteiger partial charge in [-0.25, -0.2) is 9.97 Å². The molecule has 1 N–H and O–H groups in total. The minimum Gasteiger partial charge on any atom is -0.372 e. The Balaban J connectivity index is 2.03. The summed E-state index contributed by atoms with van der Waals surface area (Å²) in [6.07, 6.45) is 5.36. The number of nitrogens with zero attached hydrogens (tertiary/aromatic N) is 3. The van der Waals surface area contributed by atoms with E-state index in [1.807, 2.05) is 19.2 Å². The predicted octanol–water partition coefficient (Wildman–Crippen LogP) is 3.28. The number of aryl methyl sites for hydroxylation is 1. The third-order valence-corrected chi connectivity index (χ3v) is 4.36. The Morgan fingerprint density at radius 2 is 2.00 bits per heavy atom. The van der Waals surface area contributed by atoms with Crippen molar-refractivity contribution < 1.29 is 0 Å². The molecule has 0 spiro atoms. The zero-order valence-corrected chi connectivity index (χ0v) is 12.4. The molecular weight excluding hydrogens is 268 g/mol. The van der Waals surface area contributed by atoms with Gasteiger partial charge in [-0.2, -0.15) is 0 Å². The van der Waals surface area contributed by atoms with Gasteiger partial charge in [0.05, 0.1) is 5.39 Å². The van der Waals surface area contributed by atoms with Crippen LogP contribution in [0.5, 0.6) is 0 Å². The van der Waals surface area contributed by atoms with E-state index in [-0.39, 0.29) is 0 Å². The zero-order valence-electron chi connectivity index (χ0n) is 11.6. The van der Waals surface area contributed by atoms with Gasteiger partial charge in [0.1, 0.15) is 16.5 Å². The number of rotatable bonds is 4. The van der Waals surface area contributed by atoms with Crippen molar-refractivity contribution >= 4 is 27.4 Å². The summed E-state index contributed by atoms with van der Waals surface area (Å²) < 4.78 is 0. The lowest BCUT2D eigenvalue weighted by Crippen LogP contribution is -2.01. The average Bonchev–Trinajstić information content (AvgIpc) is 2.90. The van der Waals surface area contributed by atoms with Crippen LogP contribution < -0.4 is 5.32 Å². The Morgan fingerprint density at radius 3 is 2.70 bits per heavy atom. The van der Waals surface area contributed by atoms with Gasteiger partial charge in [-0.05, 0) is 30.2 Å². The van der Waals surface area contributed by atoms with Gasteiger partial charge >= 0.3 is 0 Å². The first-order chi connectivity index (χ1) is 9.80. The predicted molar refractivity (Wildman–Crippen MR) is 83.4 cm³/mol. The number of fused-ring (bicyclic) bond motifs is 1. The van der Waals surface area contributed by atoms with Gasteiger partial charge in [-0.3, -0.25) is 4.98 Å². The second-order valence-electron chi connectivity index (χ2n) is 4.56. The van der Waals surface area contributed by atoms with E-state index in [0.29, 0.717) is 0 Å². The van der Waals surface area contributed by atoms with Crippen LogP contribution in [0.4, 0.5) is 5.82 Å². The molecule has 0 aliphatic rings. The molecule has 0 aromatic carbocycles. The van der Waals surface area contributed by atoms with Gasteiger partial charge < -0.3 is 5.32 Å². The molecular formula is C15H16N4S. The van der Waals surface area contributed by atoms with Crippen molar-refractivity contribution in [1.82, 2.24) is 15.0 Å². The summed E-state index contributed by atoms with van der Waals surface area (Å²) in [7, 11) is 1.90. The zero-order chi connectivity index (χ0) is 13.9. The fourth-order valence-corrected chi connectivity index (χ4v) is 3.13. The molecule has 0 atom stereocenters. The topological polar surface area (TPSA) is 50.7 Å². The molecule has 3 aromatic rings. The van der Waals surface area contributed by atoms with Crippen LogP contribution in [-0.4, -0.2) is 22.0 Å². The summed E-state index contributed by atoms with van der Waals surface area (Å²) in [6, 6.07) is 6.18. The Kier molecular flexibility index (Phi) is 3.60. The van der Waals surface area contributed by atoms with Crippen LogP contribution in [0, 0.1) is 0 Å². The third-order valence-electron chi connectivity index (χ3n) is 3.19. The van der Waals surface area contributed by atoms with Gasteiger partial charge in [0.2, 0.25) is 0 Å². The second kappa shape index (κ2) is 5.54. The minimum atomic E-state index is 0.729. The van der Waals surface area contributed by atoms with Crippen LogP contribution in [-0.2, 0) is 12.8 Å². The van der Waals surface area contributed by atoms with Crippen molar-refractivity contribution in [2.24, 2.45) is 0 Å². The van der Waals surface area contributed by atoms with E-state index in [1.165, 1.54) is 10.4 Å². The highest BCUT2D eigenvalue weighted by Gasteiger charge is 2.10. The van der Waals surface area contributed by atoms with Gasteiger partial charge in [0.25, 0.3) is 0 Å². The first-order valence-electron chi connectivity index (χ1n) is 6.66. The lowest BCUT2D eigenvalue weighted by atomic mass is 10.2. The quantitative estimate of drug-likeness (QED) is 0.799. The van der Waals surface area contributed by atoms with Crippen molar-refractivity contribution in [3.05, 3.63) is 46.9 Å². The van der Waals surface area contributed by atoms with Gasteiger partial charge in [-0.15, -0.1) is 11.3 Å². The maximum atomic E-state index is 4.69. The van der Waals surface area contributed by atoms with Crippen molar-refractivity contribution in [3.8, 4) is 0 Å². The van der Waals surface area contributed by atoms with Crippen LogP contribution in [0.2, 0.25) is 0 Å². The van der Waals surface area contributed by atoms with Crippen molar-refractivity contribution in [2.75, 3.05) is 12.4 Å². The number of hydrogen-bond donors (Lipinski definition) is 1. The van der Waals surface area contributed by atoms with Gasteiger partial charge in [0, 0.05) is 30.7 Å². The highest BCUT2D eigenvalue weighted by Crippen LogP contribution is 2.29. The van der Waals surface area contributed by atoms with Crippen LogP contribution in [0.15, 0.2) is 30.6 Å². The lowest BCUT2D eigenvalue weighted by molar-refractivity contribution is 0.993. The molecule has 0 amide bonds. The fraction of sp³-hybridized carbons (Fsp3) is 0.267. The highest BCUT2D eigenvalue weighted by molar-refractivity contribution is 7.18. The molecule has 0 radical (unpaired) electrons. The minimum absolute atomic E-state index is 0.729. The Bertz CT molecular complexity index is 721. The summed E-state index contributed by atoms with van der Waals surface area (Å²) in [4.78, 5) is 15.8. The molecule has 0 aliphatic heterocycles. The monoisotopic (exact) mass is 284 g/mol.